The zero-order valence-corrected chi connectivity index (χ0v) is 11.0. The highest BCUT2D eigenvalue weighted by Crippen LogP contribution is 2.20. The fraction of sp³-hybridized carbons (Fsp3) is 0.0625. The summed E-state index contributed by atoms with van der Waals surface area (Å²) in [4.78, 5) is 23.1. The van der Waals surface area contributed by atoms with Crippen molar-refractivity contribution in [3.8, 4) is 22.5 Å². The predicted molar refractivity (Wildman–Crippen MR) is 78.3 cm³/mol. The van der Waals surface area contributed by atoms with Gasteiger partial charge in [0.15, 0.2) is 5.82 Å². The van der Waals surface area contributed by atoms with Gasteiger partial charge in [-0.05, 0) is 24.6 Å². The Morgan fingerprint density at radius 1 is 1.00 bits per heavy atom. The topological polar surface area (TPSA) is 58.6 Å². The Labute approximate surface area is 116 Å². The maximum absolute atomic E-state index is 12.0. The Balaban J connectivity index is 2.12. The molecule has 0 saturated carbocycles. The summed E-state index contributed by atoms with van der Waals surface area (Å²) in [6.07, 6.45) is 4.99. The molecule has 0 atom stereocenters. The van der Waals surface area contributed by atoms with Gasteiger partial charge in [0.2, 0.25) is 0 Å². The molecule has 1 N–H and O–H groups in total. The van der Waals surface area contributed by atoms with E-state index < -0.39 is 0 Å². The Morgan fingerprint density at radius 3 is 2.40 bits per heavy atom. The van der Waals surface area contributed by atoms with Crippen LogP contribution in [-0.2, 0) is 0 Å². The minimum atomic E-state index is -0.117. The average molecular weight is 263 g/mol. The fourth-order valence-corrected chi connectivity index (χ4v) is 2.01. The van der Waals surface area contributed by atoms with Crippen molar-refractivity contribution in [2.45, 2.75) is 6.92 Å². The number of nitrogens with one attached hydrogen (secondary N) is 1. The van der Waals surface area contributed by atoms with Crippen LogP contribution < -0.4 is 5.56 Å². The molecule has 3 aromatic rings. The van der Waals surface area contributed by atoms with Crippen molar-refractivity contribution in [1.29, 1.82) is 0 Å². The van der Waals surface area contributed by atoms with E-state index in [0.717, 1.165) is 16.7 Å². The minimum Gasteiger partial charge on any atom is -0.328 e. The Morgan fingerprint density at radius 2 is 1.70 bits per heavy atom. The third-order valence-corrected chi connectivity index (χ3v) is 3.09. The highest BCUT2D eigenvalue weighted by Gasteiger charge is 2.07. The molecule has 0 aliphatic rings. The first-order chi connectivity index (χ1) is 9.74. The zero-order chi connectivity index (χ0) is 13.9. The third-order valence-electron chi connectivity index (χ3n) is 3.09. The lowest BCUT2D eigenvalue weighted by Crippen LogP contribution is -2.08. The van der Waals surface area contributed by atoms with E-state index in [2.05, 4.69) is 15.0 Å². The second kappa shape index (κ2) is 5.09. The first-order valence-corrected chi connectivity index (χ1v) is 6.31. The molecule has 0 unspecified atom stereocenters. The first-order valence-electron chi connectivity index (χ1n) is 6.31. The van der Waals surface area contributed by atoms with Crippen LogP contribution in [0.15, 0.2) is 59.8 Å². The molecular formula is C16H13N3O. The van der Waals surface area contributed by atoms with Crippen molar-refractivity contribution in [1.82, 2.24) is 15.0 Å². The van der Waals surface area contributed by atoms with Gasteiger partial charge >= 0.3 is 0 Å². The predicted octanol–water partition coefficient (Wildman–Crippen LogP) is 2.81. The van der Waals surface area contributed by atoms with Gasteiger partial charge in [-0.15, -0.1) is 0 Å². The van der Waals surface area contributed by atoms with Crippen molar-refractivity contribution in [2.24, 2.45) is 0 Å². The van der Waals surface area contributed by atoms with Crippen molar-refractivity contribution in [3.05, 3.63) is 70.9 Å². The van der Waals surface area contributed by atoms with Crippen LogP contribution >= 0.6 is 0 Å². The van der Waals surface area contributed by atoms with Gasteiger partial charge in [0.25, 0.3) is 5.56 Å². The number of aromatic amines is 1. The summed E-state index contributed by atoms with van der Waals surface area (Å²) in [6, 6.07) is 11.4. The number of benzene rings is 1. The van der Waals surface area contributed by atoms with Crippen molar-refractivity contribution < 1.29 is 0 Å². The van der Waals surface area contributed by atoms with E-state index in [4.69, 9.17) is 0 Å². The van der Waals surface area contributed by atoms with Crippen LogP contribution in [0.1, 0.15) is 5.56 Å². The Kier molecular flexibility index (Phi) is 3.13. The second-order valence-corrected chi connectivity index (χ2v) is 4.57. The van der Waals surface area contributed by atoms with E-state index >= 15 is 0 Å². The van der Waals surface area contributed by atoms with E-state index in [-0.39, 0.29) is 5.56 Å². The largest absolute Gasteiger partial charge is 0.328 e. The minimum absolute atomic E-state index is 0.117. The lowest BCUT2D eigenvalue weighted by Gasteiger charge is -2.04. The highest BCUT2D eigenvalue weighted by molar-refractivity contribution is 5.68. The third kappa shape index (κ3) is 2.36. The van der Waals surface area contributed by atoms with Crippen LogP contribution in [0.5, 0.6) is 0 Å². The number of hydrogen-bond acceptors (Lipinski definition) is 3. The van der Waals surface area contributed by atoms with Crippen LogP contribution in [0.25, 0.3) is 22.5 Å². The first kappa shape index (κ1) is 12.3. The Bertz CT molecular complexity index is 777. The second-order valence-electron chi connectivity index (χ2n) is 4.57. The van der Waals surface area contributed by atoms with E-state index in [1.54, 1.807) is 24.7 Å². The monoisotopic (exact) mass is 263 g/mol. The zero-order valence-electron chi connectivity index (χ0n) is 11.0. The Hall–Kier alpha value is -2.75. The molecule has 2 heterocycles. The van der Waals surface area contributed by atoms with Crippen LogP contribution in [0.3, 0.4) is 0 Å². The number of nitrogens with zero attached hydrogens (tertiary/aromatic N) is 2. The number of aryl methyl sites for hydroxylation is 1. The molecule has 1 aromatic carbocycles. The lowest BCUT2D eigenvalue weighted by atomic mass is 10.0. The van der Waals surface area contributed by atoms with Gasteiger partial charge in [-0.1, -0.05) is 29.8 Å². The van der Waals surface area contributed by atoms with Gasteiger partial charge < -0.3 is 4.98 Å². The van der Waals surface area contributed by atoms with Gasteiger partial charge in [-0.2, -0.15) is 0 Å². The molecule has 0 radical (unpaired) electrons. The van der Waals surface area contributed by atoms with E-state index in [9.17, 15) is 4.79 Å². The SMILES string of the molecule is Cc1ccc(-c2cc(-c3ncccn3)c[nH]c2=O)cc1. The molecule has 0 aliphatic carbocycles. The van der Waals surface area contributed by atoms with Gasteiger partial charge in [-0.25, -0.2) is 9.97 Å². The summed E-state index contributed by atoms with van der Waals surface area (Å²) in [5, 5.41) is 0. The molecule has 4 nitrogen and oxygen atoms in total. The normalized spacial score (nSPS) is 10.4. The van der Waals surface area contributed by atoms with Gasteiger partial charge in [0.1, 0.15) is 0 Å². The summed E-state index contributed by atoms with van der Waals surface area (Å²) in [6.45, 7) is 2.02. The maximum Gasteiger partial charge on any atom is 0.255 e. The standard InChI is InChI=1S/C16H13N3O/c1-11-3-5-12(6-4-11)14-9-13(10-19-16(14)20)15-17-7-2-8-18-15/h2-10H,1H3,(H,19,20). The maximum atomic E-state index is 12.0. The number of H-pyrrole nitrogens is 1. The molecule has 0 fully saturated rings. The van der Waals surface area contributed by atoms with Gasteiger partial charge in [0, 0.05) is 29.7 Å². The van der Waals surface area contributed by atoms with Crippen molar-refractivity contribution in [3.63, 3.8) is 0 Å². The number of rotatable bonds is 2. The lowest BCUT2D eigenvalue weighted by molar-refractivity contribution is 1.15. The molecule has 0 amide bonds. The van der Waals surface area contributed by atoms with Crippen LogP contribution in [0.4, 0.5) is 0 Å². The summed E-state index contributed by atoms with van der Waals surface area (Å²) in [5.41, 5.74) is 3.34. The molecule has 0 saturated heterocycles. The van der Waals surface area contributed by atoms with Crippen molar-refractivity contribution >= 4 is 0 Å². The highest BCUT2D eigenvalue weighted by atomic mass is 16.1. The van der Waals surface area contributed by atoms with E-state index in [1.807, 2.05) is 37.3 Å². The molecule has 0 spiro atoms. The smallest absolute Gasteiger partial charge is 0.255 e. The molecule has 20 heavy (non-hydrogen) atoms. The molecule has 0 aliphatic heterocycles. The molecule has 0 bridgehead atoms. The van der Waals surface area contributed by atoms with E-state index in [1.165, 1.54) is 0 Å². The molecular weight excluding hydrogens is 250 g/mol. The molecule has 2 aromatic heterocycles. The number of pyridine rings is 1. The van der Waals surface area contributed by atoms with Gasteiger partial charge in [0.05, 0.1) is 0 Å². The fourth-order valence-electron chi connectivity index (χ4n) is 2.01. The van der Waals surface area contributed by atoms with Gasteiger partial charge in [-0.3, -0.25) is 4.79 Å². The summed E-state index contributed by atoms with van der Waals surface area (Å²) in [7, 11) is 0. The van der Waals surface area contributed by atoms with E-state index in [0.29, 0.717) is 11.4 Å². The quantitative estimate of drug-likeness (QED) is 0.773. The molecule has 98 valence electrons. The van der Waals surface area contributed by atoms with Crippen LogP contribution in [0.2, 0.25) is 0 Å². The summed E-state index contributed by atoms with van der Waals surface area (Å²) < 4.78 is 0. The van der Waals surface area contributed by atoms with Crippen LogP contribution in [0, 0.1) is 6.92 Å². The number of hydrogen-bond donors (Lipinski definition) is 1. The van der Waals surface area contributed by atoms with Crippen LogP contribution in [-0.4, -0.2) is 15.0 Å². The number of aromatic nitrogens is 3. The summed E-state index contributed by atoms with van der Waals surface area (Å²) >= 11 is 0. The molecule has 4 heteroatoms. The molecule has 3 rings (SSSR count). The average Bonchev–Trinajstić information content (AvgIpc) is 2.50. The van der Waals surface area contributed by atoms with Crippen molar-refractivity contribution in [2.75, 3.05) is 0 Å². The summed E-state index contributed by atoms with van der Waals surface area (Å²) in [5.74, 6) is 0.595.